The Morgan fingerprint density at radius 1 is 1.06 bits per heavy atom. The maximum atomic E-state index is 8.71. The lowest BCUT2D eigenvalue weighted by Crippen LogP contribution is -1.95. The standard InChI is InChI=1S/C13H18O4/c1-15-11-8-10(6-4-5-7-14)9-12(16-2)13(11)17-3/h4,6,8-9,14H,5,7H2,1-3H3/b6-4+. The molecule has 1 aromatic carbocycles. The van der Waals surface area contributed by atoms with E-state index >= 15 is 0 Å². The van der Waals surface area contributed by atoms with Crippen LogP contribution in [0.15, 0.2) is 18.2 Å². The topological polar surface area (TPSA) is 47.9 Å². The van der Waals surface area contributed by atoms with Crippen LogP contribution in [0.4, 0.5) is 0 Å². The van der Waals surface area contributed by atoms with Crippen LogP contribution in [0.2, 0.25) is 0 Å². The lowest BCUT2D eigenvalue weighted by molar-refractivity contribution is 0.303. The summed E-state index contributed by atoms with van der Waals surface area (Å²) in [6.07, 6.45) is 4.41. The van der Waals surface area contributed by atoms with E-state index in [-0.39, 0.29) is 6.61 Å². The van der Waals surface area contributed by atoms with Gasteiger partial charge in [0.2, 0.25) is 5.75 Å². The smallest absolute Gasteiger partial charge is 0.203 e. The van der Waals surface area contributed by atoms with Gasteiger partial charge >= 0.3 is 0 Å². The van der Waals surface area contributed by atoms with Crippen LogP contribution in [0.25, 0.3) is 6.08 Å². The third-order valence-electron chi connectivity index (χ3n) is 2.29. The zero-order chi connectivity index (χ0) is 12.7. The van der Waals surface area contributed by atoms with Crippen LogP contribution in [0.3, 0.4) is 0 Å². The van der Waals surface area contributed by atoms with Crippen molar-refractivity contribution >= 4 is 6.08 Å². The zero-order valence-corrected chi connectivity index (χ0v) is 10.4. The molecule has 0 bridgehead atoms. The molecule has 4 heteroatoms. The highest BCUT2D eigenvalue weighted by Gasteiger charge is 2.11. The fourth-order valence-electron chi connectivity index (χ4n) is 1.49. The molecule has 0 saturated heterocycles. The summed E-state index contributed by atoms with van der Waals surface area (Å²) >= 11 is 0. The van der Waals surface area contributed by atoms with Gasteiger partial charge in [0.05, 0.1) is 21.3 Å². The number of benzene rings is 1. The fraction of sp³-hybridized carbons (Fsp3) is 0.385. The molecular weight excluding hydrogens is 220 g/mol. The number of aliphatic hydroxyl groups is 1. The summed E-state index contributed by atoms with van der Waals surface area (Å²) in [5.41, 5.74) is 0.938. The average Bonchev–Trinajstić information content (AvgIpc) is 2.37. The fourth-order valence-corrected chi connectivity index (χ4v) is 1.49. The highest BCUT2D eigenvalue weighted by Crippen LogP contribution is 2.38. The van der Waals surface area contributed by atoms with Gasteiger partial charge in [-0.05, 0) is 24.1 Å². The molecular formula is C13H18O4. The van der Waals surface area contributed by atoms with Gasteiger partial charge in [-0.15, -0.1) is 0 Å². The van der Waals surface area contributed by atoms with Crippen molar-refractivity contribution in [2.45, 2.75) is 6.42 Å². The largest absolute Gasteiger partial charge is 0.493 e. The number of ether oxygens (including phenoxy) is 3. The van der Waals surface area contributed by atoms with Crippen LogP contribution in [0.5, 0.6) is 17.2 Å². The monoisotopic (exact) mass is 238 g/mol. The first-order valence-corrected chi connectivity index (χ1v) is 5.34. The van der Waals surface area contributed by atoms with E-state index in [1.807, 2.05) is 24.3 Å². The molecule has 0 fully saturated rings. The Morgan fingerprint density at radius 3 is 2.06 bits per heavy atom. The van der Waals surface area contributed by atoms with E-state index in [2.05, 4.69) is 0 Å². The number of aliphatic hydroxyl groups excluding tert-OH is 1. The summed E-state index contributed by atoms with van der Waals surface area (Å²) in [6, 6.07) is 3.71. The van der Waals surface area contributed by atoms with Gasteiger partial charge in [0.15, 0.2) is 11.5 Å². The summed E-state index contributed by atoms with van der Waals surface area (Å²) in [4.78, 5) is 0. The molecule has 0 radical (unpaired) electrons. The third kappa shape index (κ3) is 3.39. The van der Waals surface area contributed by atoms with Crippen LogP contribution in [-0.2, 0) is 0 Å². The Morgan fingerprint density at radius 2 is 1.65 bits per heavy atom. The van der Waals surface area contributed by atoms with Gasteiger partial charge in [0, 0.05) is 6.61 Å². The normalized spacial score (nSPS) is 10.6. The van der Waals surface area contributed by atoms with E-state index < -0.39 is 0 Å². The molecule has 0 aliphatic carbocycles. The molecule has 17 heavy (non-hydrogen) atoms. The van der Waals surface area contributed by atoms with E-state index in [0.717, 1.165) is 5.56 Å². The summed E-state index contributed by atoms with van der Waals surface area (Å²) < 4.78 is 15.7. The molecule has 0 heterocycles. The summed E-state index contributed by atoms with van der Waals surface area (Å²) in [5.74, 6) is 1.82. The molecule has 1 N–H and O–H groups in total. The van der Waals surface area contributed by atoms with Crippen molar-refractivity contribution in [3.63, 3.8) is 0 Å². The second-order valence-electron chi connectivity index (χ2n) is 3.37. The second kappa shape index (κ2) is 6.81. The van der Waals surface area contributed by atoms with Gasteiger partial charge in [-0.3, -0.25) is 0 Å². The Bertz CT molecular complexity index is 360. The predicted octanol–water partition coefficient (Wildman–Crippen LogP) is 2.11. The molecule has 0 unspecified atom stereocenters. The van der Waals surface area contributed by atoms with Crippen molar-refractivity contribution in [1.29, 1.82) is 0 Å². The Hall–Kier alpha value is -1.68. The Labute approximate surface area is 101 Å². The molecule has 0 amide bonds. The van der Waals surface area contributed by atoms with Crippen molar-refractivity contribution in [2.24, 2.45) is 0 Å². The highest BCUT2D eigenvalue weighted by atomic mass is 16.5. The number of hydrogen-bond acceptors (Lipinski definition) is 4. The average molecular weight is 238 g/mol. The van der Waals surface area contributed by atoms with Crippen LogP contribution < -0.4 is 14.2 Å². The van der Waals surface area contributed by atoms with Gasteiger partial charge in [0.1, 0.15) is 0 Å². The highest BCUT2D eigenvalue weighted by molar-refractivity contribution is 5.62. The van der Waals surface area contributed by atoms with Gasteiger partial charge in [-0.2, -0.15) is 0 Å². The minimum atomic E-state index is 0.140. The van der Waals surface area contributed by atoms with Gasteiger partial charge < -0.3 is 19.3 Å². The minimum Gasteiger partial charge on any atom is -0.493 e. The molecule has 1 rings (SSSR count). The molecule has 0 atom stereocenters. The first-order chi connectivity index (χ1) is 8.26. The minimum absolute atomic E-state index is 0.140. The van der Waals surface area contributed by atoms with Gasteiger partial charge in [-0.25, -0.2) is 0 Å². The maximum absolute atomic E-state index is 8.71. The Balaban J connectivity index is 3.08. The first kappa shape index (κ1) is 13.4. The maximum Gasteiger partial charge on any atom is 0.203 e. The number of rotatable bonds is 6. The van der Waals surface area contributed by atoms with Crippen molar-refractivity contribution in [2.75, 3.05) is 27.9 Å². The van der Waals surface area contributed by atoms with Crippen LogP contribution in [-0.4, -0.2) is 33.0 Å². The number of hydrogen-bond donors (Lipinski definition) is 1. The van der Waals surface area contributed by atoms with E-state index in [0.29, 0.717) is 23.7 Å². The molecule has 1 aromatic rings. The first-order valence-electron chi connectivity index (χ1n) is 5.34. The molecule has 0 saturated carbocycles. The lowest BCUT2D eigenvalue weighted by atomic mass is 10.1. The van der Waals surface area contributed by atoms with E-state index in [1.54, 1.807) is 21.3 Å². The summed E-state index contributed by atoms with van der Waals surface area (Å²) in [6.45, 7) is 0.140. The zero-order valence-electron chi connectivity index (χ0n) is 10.4. The van der Waals surface area contributed by atoms with Crippen molar-refractivity contribution in [3.8, 4) is 17.2 Å². The summed E-state index contributed by atoms with van der Waals surface area (Å²) in [7, 11) is 4.73. The van der Waals surface area contributed by atoms with E-state index in [9.17, 15) is 0 Å². The van der Waals surface area contributed by atoms with Crippen molar-refractivity contribution in [3.05, 3.63) is 23.8 Å². The SMILES string of the molecule is COc1cc(/C=C/CCO)cc(OC)c1OC. The molecule has 0 spiro atoms. The molecule has 0 aliphatic heterocycles. The third-order valence-corrected chi connectivity index (χ3v) is 2.29. The van der Waals surface area contributed by atoms with Crippen molar-refractivity contribution in [1.82, 2.24) is 0 Å². The lowest BCUT2D eigenvalue weighted by Gasteiger charge is -2.12. The Kier molecular flexibility index (Phi) is 5.36. The quantitative estimate of drug-likeness (QED) is 0.824. The molecule has 0 aliphatic rings. The van der Waals surface area contributed by atoms with Crippen molar-refractivity contribution < 1.29 is 19.3 Å². The van der Waals surface area contributed by atoms with Crippen LogP contribution >= 0.6 is 0 Å². The number of methoxy groups -OCH3 is 3. The molecule has 4 nitrogen and oxygen atoms in total. The van der Waals surface area contributed by atoms with E-state index in [1.165, 1.54) is 0 Å². The van der Waals surface area contributed by atoms with Crippen LogP contribution in [0, 0.1) is 0 Å². The van der Waals surface area contributed by atoms with E-state index in [4.69, 9.17) is 19.3 Å². The summed E-state index contributed by atoms with van der Waals surface area (Å²) in [5, 5.41) is 8.71. The van der Waals surface area contributed by atoms with Gasteiger partial charge in [0.25, 0.3) is 0 Å². The molecule has 0 aromatic heterocycles. The molecule has 94 valence electrons. The predicted molar refractivity (Wildman–Crippen MR) is 66.8 cm³/mol. The van der Waals surface area contributed by atoms with Crippen LogP contribution in [0.1, 0.15) is 12.0 Å². The second-order valence-corrected chi connectivity index (χ2v) is 3.37. The van der Waals surface area contributed by atoms with Gasteiger partial charge in [-0.1, -0.05) is 12.2 Å².